The van der Waals surface area contributed by atoms with Gasteiger partial charge < -0.3 is 19.5 Å². The minimum absolute atomic E-state index is 0.0166. The number of halogens is 1. The molecule has 0 aliphatic heterocycles. The largest absolute Gasteiger partial charge is 0.493 e. The van der Waals surface area contributed by atoms with Crippen molar-refractivity contribution in [3.05, 3.63) is 28.3 Å². The van der Waals surface area contributed by atoms with Crippen molar-refractivity contribution in [2.45, 2.75) is 33.3 Å². The highest BCUT2D eigenvalue weighted by molar-refractivity contribution is 6.32. The fourth-order valence-electron chi connectivity index (χ4n) is 2.10. The number of carbonyl (C=O) groups is 1. The summed E-state index contributed by atoms with van der Waals surface area (Å²) in [5.74, 6) is 0.425. The van der Waals surface area contributed by atoms with Crippen LogP contribution in [0.5, 0.6) is 11.5 Å². The summed E-state index contributed by atoms with van der Waals surface area (Å²) < 4.78 is 16.2. The van der Waals surface area contributed by atoms with E-state index in [1.54, 1.807) is 12.1 Å². The molecule has 26 heavy (non-hydrogen) atoms. The molecule has 142 valence electrons. The van der Waals surface area contributed by atoms with Crippen molar-refractivity contribution in [3.63, 3.8) is 0 Å². The predicted octanol–water partition coefficient (Wildman–Crippen LogP) is 3.59. The summed E-state index contributed by atoms with van der Waals surface area (Å²) in [4.78, 5) is 12.1. The Bertz CT molecular complexity index is 681. The number of amides is 1. The van der Waals surface area contributed by atoms with Crippen molar-refractivity contribution >= 4 is 23.6 Å². The van der Waals surface area contributed by atoms with Gasteiger partial charge in [-0.25, -0.2) is 0 Å². The number of ether oxygens (including phenoxy) is 3. The third-order valence-electron chi connectivity index (χ3n) is 3.24. The van der Waals surface area contributed by atoms with E-state index in [4.69, 9.17) is 25.8 Å². The monoisotopic (exact) mass is 380 g/mol. The average molecular weight is 381 g/mol. The first-order valence-corrected chi connectivity index (χ1v) is 8.82. The van der Waals surface area contributed by atoms with Crippen molar-refractivity contribution < 1.29 is 19.0 Å². The summed E-state index contributed by atoms with van der Waals surface area (Å²) in [6.45, 7) is 7.30. The van der Waals surface area contributed by atoms with Gasteiger partial charge >= 0.3 is 0 Å². The van der Waals surface area contributed by atoms with Gasteiger partial charge in [-0.15, -0.1) is 0 Å². The van der Waals surface area contributed by atoms with E-state index in [1.165, 1.54) is 13.2 Å². The highest BCUT2D eigenvalue weighted by atomic mass is 35.5. The molecule has 0 heterocycles. The summed E-state index contributed by atoms with van der Waals surface area (Å²) in [5.41, 5.74) is 0.557. The predicted molar refractivity (Wildman–Crippen MR) is 101 cm³/mol. The van der Waals surface area contributed by atoms with Crippen LogP contribution in [0.3, 0.4) is 0 Å². The van der Waals surface area contributed by atoms with E-state index < -0.39 is 5.91 Å². The van der Waals surface area contributed by atoms with Gasteiger partial charge in [0.2, 0.25) is 0 Å². The van der Waals surface area contributed by atoms with Crippen LogP contribution in [0.2, 0.25) is 5.02 Å². The summed E-state index contributed by atoms with van der Waals surface area (Å²) >= 11 is 6.26. The molecule has 1 rings (SSSR count). The molecule has 1 aromatic rings. The van der Waals surface area contributed by atoms with Gasteiger partial charge in [-0.3, -0.25) is 4.79 Å². The molecular weight excluding hydrogens is 356 g/mol. The fourth-order valence-corrected chi connectivity index (χ4v) is 2.37. The number of rotatable bonds is 10. The Kier molecular flexibility index (Phi) is 9.56. The van der Waals surface area contributed by atoms with Crippen molar-refractivity contribution in [3.8, 4) is 17.6 Å². The van der Waals surface area contributed by atoms with Crippen molar-refractivity contribution in [2.24, 2.45) is 0 Å². The van der Waals surface area contributed by atoms with Crippen LogP contribution >= 0.6 is 11.6 Å². The Morgan fingerprint density at radius 1 is 1.42 bits per heavy atom. The molecule has 0 aromatic heterocycles. The van der Waals surface area contributed by atoms with Gasteiger partial charge in [0.15, 0.2) is 11.5 Å². The van der Waals surface area contributed by atoms with Crippen molar-refractivity contribution in [1.82, 2.24) is 5.32 Å². The van der Waals surface area contributed by atoms with Gasteiger partial charge in [-0.1, -0.05) is 11.6 Å². The van der Waals surface area contributed by atoms with Gasteiger partial charge in [0.25, 0.3) is 5.91 Å². The Hall–Kier alpha value is -2.23. The van der Waals surface area contributed by atoms with Crippen LogP contribution in [-0.2, 0) is 9.53 Å². The first-order valence-electron chi connectivity index (χ1n) is 8.44. The smallest absolute Gasteiger partial charge is 0.261 e. The van der Waals surface area contributed by atoms with Gasteiger partial charge in [0.1, 0.15) is 11.6 Å². The minimum atomic E-state index is -0.443. The number of benzene rings is 1. The van der Waals surface area contributed by atoms with Gasteiger partial charge in [-0.2, -0.15) is 5.26 Å². The minimum Gasteiger partial charge on any atom is -0.493 e. The molecule has 0 saturated heterocycles. The second-order valence-electron chi connectivity index (χ2n) is 5.68. The number of nitrogens with one attached hydrogen (secondary N) is 1. The van der Waals surface area contributed by atoms with Crippen molar-refractivity contribution in [2.75, 3.05) is 26.9 Å². The number of carbonyl (C=O) groups excluding carboxylic acids is 1. The lowest BCUT2D eigenvalue weighted by molar-refractivity contribution is -0.117. The lowest BCUT2D eigenvalue weighted by atomic mass is 10.1. The fraction of sp³-hybridized carbons (Fsp3) is 0.474. The topological polar surface area (TPSA) is 80.6 Å². The Labute approximate surface area is 159 Å². The van der Waals surface area contributed by atoms with E-state index in [-0.39, 0.29) is 11.7 Å². The zero-order valence-electron chi connectivity index (χ0n) is 15.6. The van der Waals surface area contributed by atoms with Crippen LogP contribution in [0.4, 0.5) is 0 Å². The summed E-state index contributed by atoms with van der Waals surface area (Å²) in [7, 11) is 1.50. The maximum atomic E-state index is 12.1. The molecule has 0 unspecified atom stereocenters. The molecule has 0 radical (unpaired) electrons. The molecule has 0 atom stereocenters. The van der Waals surface area contributed by atoms with E-state index in [9.17, 15) is 10.1 Å². The van der Waals surface area contributed by atoms with Crippen LogP contribution in [0.1, 0.15) is 32.8 Å². The molecule has 0 aliphatic carbocycles. The normalized spacial score (nSPS) is 11.2. The zero-order valence-corrected chi connectivity index (χ0v) is 16.4. The third-order valence-corrected chi connectivity index (χ3v) is 3.52. The Morgan fingerprint density at radius 2 is 2.15 bits per heavy atom. The molecule has 0 saturated carbocycles. The molecule has 1 aromatic carbocycles. The van der Waals surface area contributed by atoms with Crippen LogP contribution in [0, 0.1) is 11.3 Å². The Morgan fingerprint density at radius 3 is 2.73 bits per heavy atom. The molecule has 0 bridgehead atoms. The molecule has 0 fully saturated rings. The molecule has 0 spiro atoms. The maximum Gasteiger partial charge on any atom is 0.261 e. The highest BCUT2D eigenvalue weighted by Gasteiger charge is 2.14. The quantitative estimate of drug-likeness (QED) is 0.381. The molecule has 1 amide bonds. The van der Waals surface area contributed by atoms with E-state index >= 15 is 0 Å². The van der Waals surface area contributed by atoms with Crippen LogP contribution in [-0.4, -0.2) is 38.9 Å². The van der Waals surface area contributed by atoms with Gasteiger partial charge in [0.05, 0.1) is 18.2 Å². The summed E-state index contributed by atoms with van der Waals surface area (Å²) in [6, 6.07) is 5.21. The molecule has 1 N–H and O–H groups in total. The molecule has 6 nitrogen and oxygen atoms in total. The average Bonchev–Trinajstić information content (AvgIpc) is 2.60. The zero-order chi connectivity index (χ0) is 19.5. The van der Waals surface area contributed by atoms with Gasteiger partial charge in [-0.05, 0) is 51.0 Å². The van der Waals surface area contributed by atoms with Crippen LogP contribution in [0.25, 0.3) is 6.08 Å². The summed E-state index contributed by atoms with van der Waals surface area (Å²) in [6.07, 6.45) is 2.07. The van der Waals surface area contributed by atoms with Crippen molar-refractivity contribution in [1.29, 1.82) is 5.26 Å². The summed E-state index contributed by atoms with van der Waals surface area (Å²) in [5, 5.41) is 12.3. The van der Waals surface area contributed by atoms with E-state index in [1.807, 2.05) is 26.8 Å². The lowest BCUT2D eigenvalue weighted by Crippen LogP contribution is -2.26. The second kappa shape index (κ2) is 11.4. The standard InChI is InChI=1S/C19H25ClN2O4/c1-5-25-8-6-7-22-19(23)15(12-21)9-14-10-16(20)18(26-13(2)3)17(11-14)24-4/h9-11,13H,5-8H2,1-4H3,(H,22,23)/b15-9+. The van der Waals surface area contributed by atoms with E-state index in [0.29, 0.717) is 48.3 Å². The maximum absolute atomic E-state index is 12.1. The Balaban J connectivity index is 2.93. The van der Waals surface area contributed by atoms with Gasteiger partial charge in [0, 0.05) is 19.8 Å². The van der Waals surface area contributed by atoms with Crippen LogP contribution in [0.15, 0.2) is 17.7 Å². The molecule has 0 aliphatic rings. The lowest BCUT2D eigenvalue weighted by Gasteiger charge is -2.15. The third kappa shape index (κ3) is 6.95. The molecular formula is C19H25ClN2O4. The number of methoxy groups -OCH3 is 1. The van der Waals surface area contributed by atoms with E-state index in [0.717, 1.165) is 0 Å². The molecule has 7 heteroatoms. The highest BCUT2D eigenvalue weighted by Crippen LogP contribution is 2.37. The second-order valence-corrected chi connectivity index (χ2v) is 6.08. The van der Waals surface area contributed by atoms with Crippen LogP contribution < -0.4 is 14.8 Å². The number of nitriles is 1. The number of hydrogen-bond acceptors (Lipinski definition) is 5. The number of hydrogen-bond donors (Lipinski definition) is 1. The number of nitrogens with zero attached hydrogens (tertiary/aromatic N) is 1. The first kappa shape index (κ1) is 21.8. The first-order chi connectivity index (χ1) is 12.4. The van der Waals surface area contributed by atoms with E-state index in [2.05, 4.69) is 5.32 Å². The SMILES string of the molecule is CCOCCCNC(=O)/C(C#N)=C/c1cc(Cl)c(OC(C)C)c(OC)c1.